The van der Waals surface area contributed by atoms with Crippen LogP contribution in [-0.4, -0.2) is 43.8 Å². The van der Waals surface area contributed by atoms with Gasteiger partial charge in [0.1, 0.15) is 12.6 Å². The molecule has 0 bridgehead atoms. The Morgan fingerprint density at radius 3 is 2.06 bits per heavy atom. The third-order valence-corrected chi connectivity index (χ3v) is 10.4. The molecule has 0 aliphatic carbocycles. The number of hydrogen-bond acceptors (Lipinski definition) is 4. The van der Waals surface area contributed by atoms with Crippen molar-refractivity contribution < 1.29 is 18.0 Å². The normalized spacial score (nSPS) is 12.7. The molecular weight excluding hydrogens is 653 g/mol. The number of benzene rings is 4. The van der Waals surface area contributed by atoms with Crippen molar-refractivity contribution >= 4 is 50.7 Å². The van der Waals surface area contributed by atoms with Crippen LogP contribution in [0.3, 0.4) is 0 Å². The number of carbonyl (C=O) groups excluding carboxylic acids is 2. The maximum Gasteiger partial charge on any atom is 0.264 e. The zero-order valence-corrected chi connectivity index (χ0v) is 29.7. The smallest absolute Gasteiger partial charge is 0.264 e. The minimum absolute atomic E-state index is 0.0501. The molecule has 0 unspecified atom stereocenters. The lowest BCUT2D eigenvalue weighted by molar-refractivity contribution is -0.140. The van der Waals surface area contributed by atoms with Crippen LogP contribution in [0.1, 0.15) is 48.1 Å². The minimum Gasteiger partial charge on any atom is -0.352 e. The summed E-state index contributed by atoms with van der Waals surface area (Å²) in [6.07, 6.45) is 0.893. The molecule has 0 saturated carbocycles. The molecule has 4 rings (SSSR count). The Labute approximate surface area is 288 Å². The van der Waals surface area contributed by atoms with Gasteiger partial charge in [0.05, 0.1) is 10.6 Å². The average molecular weight is 695 g/mol. The van der Waals surface area contributed by atoms with E-state index >= 15 is 0 Å². The van der Waals surface area contributed by atoms with Crippen LogP contribution in [0, 0.1) is 20.8 Å². The van der Waals surface area contributed by atoms with Crippen molar-refractivity contribution in [2.24, 2.45) is 0 Å². The van der Waals surface area contributed by atoms with Crippen molar-refractivity contribution in [2.45, 2.75) is 71.0 Å². The first-order chi connectivity index (χ1) is 22.3. The van der Waals surface area contributed by atoms with E-state index in [0.717, 1.165) is 26.6 Å². The van der Waals surface area contributed by atoms with Crippen LogP contribution in [0.4, 0.5) is 5.69 Å². The van der Waals surface area contributed by atoms with E-state index < -0.39 is 28.5 Å². The fraction of sp³-hybridized carbons (Fsp3) is 0.297. The second-order valence-electron chi connectivity index (χ2n) is 12.0. The maximum atomic E-state index is 14.7. The molecule has 0 fully saturated rings. The number of halogens is 2. The molecule has 0 aromatic heterocycles. The number of nitrogens with one attached hydrogen (secondary N) is 1. The predicted molar refractivity (Wildman–Crippen MR) is 190 cm³/mol. The molecule has 47 heavy (non-hydrogen) atoms. The van der Waals surface area contributed by atoms with Gasteiger partial charge in [0.2, 0.25) is 11.8 Å². The van der Waals surface area contributed by atoms with Crippen LogP contribution in [0.5, 0.6) is 0 Å². The van der Waals surface area contributed by atoms with Crippen LogP contribution in [0.25, 0.3) is 0 Å². The summed E-state index contributed by atoms with van der Waals surface area (Å²) in [5.41, 5.74) is 4.35. The lowest BCUT2D eigenvalue weighted by Crippen LogP contribution is -2.54. The molecule has 0 radical (unpaired) electrons. The van der Waals surface area contributed by atoms with Gasteiger partial charge in [0.15, 0.2) is 0 Å². The zero-order chi connectivity index (χ0) is 34.3. The Morgan fingerprint density at radius 1 is 0.830 bits per heavy atom. The van der Waals surface area contributed by atoms with Gasteiger partial charge in [-0.05, 0) is 92.8 Å². The van der Waals surface area contributed by atoms with Gasteiger partial charge >= 0.3 is 0 Å². The Balaban J connectivity index is 1.85. The SMILES string of the molecule is CC[C@@H](C)NC(=O)[C@H](Cc1ccccc1)N(Cc1ccc(Cl)cc1Cl)C(=O)CN(c1cc(C)cc(C)c1)S(=O)(=O)c1ccc(C)cc1. The second-order valence-corrected chi connectivity index (χ2v) is 14.7. The molecule has 1 N–H and O–H groups in total. The van der Waals surface area contributed by atoms with Gasteiger partial charge in [0, 0.05) is 29.1 Å². The highest BCUT2D eigenvalue weighted by molar-refractivity contribution is 7.92. The summed E-state index contributed by atoms with van der Waals surface area (Å²) in [5, 5.41) is 3.79. The molecular formula is C37H41Cl2N3O4S. The van der Waals surface area contributed by atoms with Gasteiger partial charge in [-0.2, -0.15) is 0 Å². The quantitative estimate of drug-likeness (QED) is 0.156. The van der Waals surface area contributed by atoms with Crippen molar-refractivity contribution in [3.63, 3.8) is 0 Å². The summed E-state index contributed by atoms with van der Waals surface area (Å²) in [7, 11) is -4.21. The monoisotopic (exact) mass is 693 g/mol. The first-order valence-corrected chi connectivity index (χ1v) is 17.7. The molecule has 0 aliphatic heterocycles. The van der Waals surface area contributed by atoms with Crippen molar-refractivity contribution in [1.29, 1.82) is 0 Å². The van der Waals surface area contributed by atoms with Crippen LogP contribution in [0.15, 0.2) is 95.9 Å². The van der Waals surface area contributed by atoms with Gasteiger partial charge in [-0.15, -0.1) is 0 Å². The second kappa shape index (κ2) is 15.8. The summed E-state index contributed by atoms with van der Waals surface area (Å²) in [6, 6.07) is 25.2. The van der Waals surface area contributed by atoms with E-state index in [9.17, 15) is 18.0 Å². The van der Waals surface area contributed by atoms with Gasteiger partial charge in [0.25, 0.3) is 10.0 Å². The fourth-order valence-electron chi connectivity index (χ4n) is 5.29. The minimum atomic E-state index is -4.21. The molecule has 0 heterocycles. The average Bonchev–Trinajstić information content (AvgIpc) is 3.02. The van der Waals surface area contributed by atoms with Crippen molar-refractivity contribution in [1.82, 2.24) is 10.2 Å². The van der Waals surface area contributed by atoms with Gasteiger partial charge in [-0.1, -0.05) is 90.3 Å². The molecule has 0 saturated heterocycles. The number of anilines is 1. The Hall–Kier alpha value is -3.85. The molecule has 4 aromatic rings. The van der Waals surface area contributed by atoms with Gasteiger partial charge in [-0.25, -0.2) is 8.42 Å². The predicted octanol–water partition coefficient (Wildman–Crippen LogP) is 7.67. The first kappa shape index (κ1) is 36.0. The third kappa shape index (κ3) is 9.37. The summed E-state index contributed by atoms with van der Waals surface area (Å²) < 4.78 is 29.7. The summed E-state index contributed by atoms with van der Waals surface area (Å²) in [4.78, 5) is 30.2. The van der Waals surface area contributed by atoms with Gasteiger partial charge in [-0.3, -0.25) is 13.9 Å². The topological polar surface area (TPSA) is 86.8 Å². The lowest BCUT2D eigenvalue weighted by Gasteiger charge is -2.34. The summed E-state index contributed by atoms with van der Waals surface area (Å²) in [5.74, 6) is -0.910. The van der Waals surface area contributed by atoms with E-state index in [1.807, 2.05) is 71.0 Å². The molecule has 2 atom stereocenters. The summed E-state index contributed by atoms with van der Waals surface area (Å²) in [6.45, 7) is 8.88. The number of sulfonamides is 1. The van der Waals surface area contributed by atoms with Crippen LogP contribution >= 0.6 is 23.2 Å². The highest BCUT2D eigenvalue weighted by atomic mass is 35.5. The van der Waals surface area contributed by atoms with Crippen LogP contribution in [-0.2, 0) is 32.6 Å². The van der Waals surface area contributed by atoms with Crippen molar-refractivity contribution in [2.75, 3.05) is 10.8 Å². The number of hydrogen-bond donors (Lipinski definition) is 1. The Morgan fingerprint density at radius 2 is 1.47 bits per heavy atom. The highest BCUT2D eigenvalue weighted by Gasteiger charge is 2.35. The van der Waals surface area contributed by atoms with E-state index in [1.54, 1.807) is 42.5 Å². The lowest BCUT2D eigenvalue weighted by atomic mass is 10.0. The number of nitrogens with zero attached hydrogens (tertiary/aromatic N) is 2. The van der Waals surface area contributed by atoms with Gasteiger partial charge < -0.3 is 10.2 Å². The Bertz CT molecular complexity index is 1800. The van der Waals surface area contributed by atoms with E-state index in [0.29, 0.717) is 27.7 Å². The summed E-state index contributed by atoms with van der Waals surface area (Å²) >= 11 is 12.8. The number of carbonyl (C=O) groups is 2. The standard InChI is InChI=1S/C37H41Cl2N3O4S/c1-6-28(5)40-37(44)35(21-29-10-8-7-9-11-29)41(23-30-14-15-31(38)22-34(30)39)36(43)24-42(32-19-26(3)18-27(4)20-32)47(45,46)33-16-12-25(2)13-17-33/h7-20,22,28,35H,6,21,23-24H2,1-5H3,(H,40,44)/t28-,35+/m1/s1. The Kier molecular flexibility index (Phi) is 12.1. The number of rotatable bonds is 13. The highest BCUT2D eigenvalue weighted by Crippen LogP contribution is 2.28. The van der Waals surface area contributed by atoms with E-state index in [4.69, 9.17) is 23.2 Å². The largest absolute Gasteiger partial charge is 0.352 e. The molecule has 0 aliphatic rings. The van der Waals surface area contributed by atoms with E-state index in [-0.39, 0.29) is 29.8 Å². The maximum absolute atomic E-state index is 14.7. The van der Waals surface area contributed by atoms with Crippen molar-refractivity contribution in [3.05, 3.63) is 129 Å². The van der Waals surface area contributed by atoms with Crippen molar-refractivity contribution in [3.8, 4) is 0 Å². The van der Waals surface area contributed by atoms with E-state index in [2.05, 4.69) is 5.32 Å². The molecule has 7 nitrogen and oxygen atoms in total. The van der Waals surface area contributed by atoms with Crippen LogP contribution < -0.4 is 9.62 Å². The molecule has 2 amide bonds. The molecule has 0 spiro atoms. The zero-order valence-electron chi connectivity index (χ0n) is 27.3. The fourth-order valence-corrected chi connectivity index (χ4v) is 7.16. The first-order valence-electron chi connectivity index (χ1n) is 15.5. The number of aryl methyl sites for hydroxylation is 3. The molecule has 248 valence electrons. The number of amides is 2. The van der Waals surface area contributed by atoms with Crippen LogP contribution in [0.2, 0.25) is 10.0 Å². The molecule has 4 aromatic carbocycles. The molecule has 10 heteroatoms. The third-order valence-electron chi connectivity index (χ3n) is 8.01. The van der Waals surface area contributed by atoms with E-state index in [1.165, 1.54) is 17.0 Å².